The smallest absolute Gasteiger partial charge is 0.336 e. The van der Waals surface area contributed by atoms with Gasteiger partial charge in [0, 0.05) is 19.1 Å². The van der Waals surface area contributed by atoms with E-state index in [1.807, 2.05) is 4.90 Å². The van der Waals surface area contributed by atoms with Crippen LogP contribution in [0.25, 0.3) is 0 Å². The van der Waals surface area contributed by atoms with Crippen molar-refractivity contribution >= 4 is 27.6 Å². The monoisotopic (exact) mass is 356 g/mol. The lowest BCUT2D eigenvalue weighted by Crippen LogP contribution is -2.35. The zero-order valence-electron chi connectivity index (χ0n) is 11.7. The van der Waals surface area contributed by atoms with Crippen LogP contribution in [0.3, 0.4) is 0 Å². The Kier molecular flexibility index (Phi) is 4.17. The molecule has 0 bridgehead atoms. The van der Waals surface area contributed by atoms with E-state index in [4.69, 9.17) is 5.11 Å². The van der Waals surface area contributed by atoms with Crippen molar-refractivity contribution in [3.05, 3.63) is 28.0 Å². The lowest BCUT2D eigenvalue weighted by atomic mass is 10.2. The van der Waals surface area contributed by atoms with E-state index in [0.717, 1.165) is 32.6 Å². The van der Waals surface area contributed by atoms with E-state index >= 15 is 0 Å². The van der Waals surface area contributed by atoms with E-state index in [1.54, 1.807) is 6.07 Å². The standard InChI is InChI=1S/C15H18BrFN2O2/c16-13-11(15(20)21)3-4-12(14(13)17)19-8-5-10(9-19)18-6-1-2-7-18/h3-4,10H,1-2,5-9H2,(H,20,21). The fraction of sp³-hybridized carbons (Fsp3) is 0.533. The van der Waals surface area contributed by atoms with E-state index in [0.29, 0.717) is 11.7 Å². The molecule has 0 saturated carbocycles. The van der Waals surface area contributed by atoms with Crippen molar-refractivity contribution in [2.24, 2.45) is 0 Å². The summed E-state index contributed by atoms with van der Waals surface area (Å²) in [4.78, 5) is 15.5. The second-order valence-corrected chi connectivity index (χ2v) is 6.49. The number of rotatable bonds is 3. The molecule has 0 amide bonds. The van der Waals surface area contributed by atoms with Crippen molar-refractivity contribution in [3.63, 3.8) is 0 Å². The summed E-state index contributed by atoms with van der Waals surface area (Å²) < 4.78 is 14.5. The van der Waals surface area contributed by atoms with Crippen LogP contribution in [-0.2, 0) is 0 Å². The number of carboxylic acids is 1. The lowest BCUT2D eigenvalue weighted by molar-refractivity contribution is 0.0695. The van der Waals surface area contributed by atoms with E-state index < -0.39 is 11.8 Å². The van der Waals surface area contributed by atoms with Gasteiger partial charge in [-0.25, -0.2) is 9.18 Å². The third kappa shape index (κ3) is 2.79. The van der Waals surface area contributed by atoms with Gasteiger partial charge in [0.05, 0.1) is 15.7 Å². The minimum Gasteiger partial charge on any atom is -0.478 e. The minimum absolute atomic E-state index is 0.0356. The topological polar surface area (TPSA) is 43.8 Å². The first-order chi connectivity index (χ1) is 10.1. The van der Waals surface area contributed by atoms with E-state index in [1.165, 1.54) is 18.9 Å². The lowest BCUT2D eigenvalue weighted by Gasteiger charge is -2.25. The van der Waals surface area contributed by atoms with Crippen LogP contribution in [0.4, 0.5) is 10.1 Å². The van der Waals surface area contributed by atoms with Gasteiger partial charge in [-0.3, -0.25) is 4.90 Å². The number of anilines is 1. The average Bonchev–Trinajstić information content (AvgIpc) is 3.10. The predicted molar refractivity (Wildman–Crippen MR) is 82.5 cm³/mol. The molecule has 1 atom stereocenters. The molecule has 2 saturated heterocycles. The molecule has 0 aliphatic carbocycles. The second kappa shape index (κ2) is 5.93. The summed E-state index contributed by atoms with van der Waals surface area (Å²) in [6, 6.07) is 3.54. The van der Waals surface area contributed by atoms with Gasteiger partial charge in [0.1, 0.15) is 0 Å². The fourth-order valence-electron chi connectivity index (χ4n) is 3.31. The Balaban J connectivity index is 1.78. The van der Waals surface area contributed by atoms with Gasteiger partial charge < -0.3 is 10.0 Å². The number of hydrogen-bond acceptors (Lipinski definition) is 3. The predicted octanol–water partition coefficient (Wildman–Crippen LogP) is 2.96. The molecule has 3 rings (SSSR count). The molecule has 0 radical (unpaired) electrons. The first-order valence-electron chi connectivity index (χ1n) is 7.28. The summed E-state index contributed by atoms with van der Waals surface area (Å²) in [7, 11) is 0. The number of nitrogens with zero attached hydrogens (tertiary/aromatic N) is 2. The molecule has 1 N–H and O–H groups in total. The molecule has 1 unspecified atom stereocenters. The quantitative estimate of drug-likeness (QED) is 0.904. The van der Waals surface area contributed by atoms with Gasteiger partial charge in [-0.05, 0) is 60.4 Å². The normalized spacial score (nSPS) is 23.0. The van der Waals surface area contributed by atoms with Crippen LogP contribution in [-0.4, -0.2) is 48.2 Å². The van der Waals surface area contributed by atoms with Crippen molar-refractivity contribution in [1.82, 2.24) is 4.90 Å². The molecule has 4 nitrogen and oxygen atoms in total. The third-order valence-electron chi connectivity index (χ3n) is 4.45. The Hall–Kier alpha value is -1.14. The van der Waals surface area contributed by atoms with Crippen molar-refractivity contribution < 1.29 is 14.3 Å². The number of carboxylic acid groups (broad SMARTS) is 1. The SMILES string of the molecule is O=C(O)c1ccc(N2CCC(N3CCCC3)C2)c(F)c1Br. The number of carbonyl (C=O) groups is 1. The Morgan fingerprint density at radius 3 is 2.67 bits per heavy atom. The van der Waals surface area contributed by atoms with Crippen molar-refractivity contribution in [3.8, 4) is 0 Å². The van der Waals surface area contributed by atoms with E-state index in [9.17, 15) is 9.18 Å². The van der Waals surface area contributed by atoms with Gasteiger partial charge in [0.15, 0.2) is 5.82 Å². The molecule has 2 aliphatic rings. The largest absolute Gasteiger partial charge is 0.478 e. The molecule has 2 aliphatic heterocycles. The highest BCUT2D eigenvalue weighted by Crippen LogP contribution is 2.32. The summed E-state index contributed by atoms with van der Waals surface area (Å²) in [6.07, 6.45) is 3.55. The maximum Gasteiger partial charge on any atom is 0.336 e. The molecule has 0 spiro atoms. The number of benzene rings is 1. The van der Waals surface area contributed by atoms with Crippen LogP contribution >= 0.6 is 15.9 Å². The summed E-state index contributed by atoms with van der Waals surface area (Å²) in [6.45, 7) is 3.91. The number of likely N-dealkylation sites (tertiary alicyclic amines) is 1. The maximum atomic E-state index is 14.4. The Bertz CT molecular complexity index is 561. The van der Waals surface area contributed by atoms with Crippen molar-refractivity contribution in [1.29, 1.82) is 0 Å². The number of halogens is 2. The summed E-state index contributed by atoms with van der Waals surface area (Å²) >= 11 is 3.07. The van der Waals surface area contributed by atoms with Crippen LogP contribution < -0.4 is 4.90 Å². The Morgan fingerprint density at radius 1 is 1.29 bits per heavy atom. The van der Waals surface area contributed by atoms with Gasteiger partial charge in [-0.15, -0.1) is 0 Å². The highest BCUT2D eigenvalue weighted by molar-refractivity contribution is 9.10. The van der Waals surface area contributed by atoms with E-state index in [-0.39, 0.29) is 10.0 Å². The van der Waals surface area contributed by atoms with Gasteiger partial charge >= 0.3 is 5.97 Å². The minimum atomic E-state index is -1.12. The average molecular weight is 357 g/mol. The molecular weight excluding hydrogens is 339 g/mol. The molecule has 2 heterocycles. The zero-order valence-corrected chi connectivity index (χ0v) is 13.3. The second-order valence-electron chi connectivity index (χ2n) is 5.70. The highest BCUT2D eigenvalue weighted by atomic mass is 79.9. The van der Waals surface area contributed by atoms with Crippen LogP contribution in [0.5, 0.6) is 0 Å². The van der Waals surface area contributed by atoms with Gasteiger partial charge in [0.2, 0.25) is 0 Å². The van der Waals surface area contributed by atoms with Crippen molar-refractivity contribution in [2.75, 3.05) is 31.1 Å². The van der Waals surface area contributed by atoms with Crippen LogP contribution in [0.1, 0.15) is 29.6 Å². The van der Waals surface area contributed by atoms with E-state index in [2.05, 4.69) is 20.8 Å². The molecule has 1 aromatic carbocycles. The Morgan fingerprint density at radius 2 is 2.00 bits per heavy atom. The summed E-state index contributed by atoms with van der Waals surface area (Å²) in [5, 5.41) is 9.01. The molecule has 1 aromatic rings. The summed E-state index contributed by atoms with van der Waals surface area (Å²) in [5.74, 6) is -1.60. The van der Waals surface area contributed by atoms with Crippen LogP contribution in [0.15, 0.2) is 16.6 Å². The first kappa shape index (κ1) is 14.8. The van der Waals surface area contributed by atoms with Gasteiger partial charge in [0.25, 0.3) is 0 Å². The van der Waals surface area contributed by atoms with Crippen LogP contribution in [0.2, 0.25) is 0 Å². The number of aromatic carboxylic acids is 1. The van der Waals surface area contributed by atoms with Crippen LogP contribution in [0, 0.1) is 5.82 Å². The van der Waals surface area contributed by atoms with Crippen molar-refractivity contribution in [2.45, 2.75) is 25.3 Å². The zero-order chi connectivity index (χ0) is 15.0. The fourth-order valence-corrected chi connectivity index (χ4v) is 3.82. The molecule has 0 aromatic heterocycles. The molecule has 2 fully saturated rings. The molecular formula is C15H18BrFN2O2. The molecule has 21 heavy (non-hydrogen) atoms. The Labute approximate surface area is 131 Å². The highest BCUT2D eigenvalue weighted by Gasteiger charge is 2.31. The molecule has 114 valence electrons. The van der Waals surface area contributed by atoms with Gasteiger partial charge in [-0.2, -0.15) is 0 Å². The summed E-state index contributed by atoms with van der Waals surface area (Å²) in [5.41, 5.74) is 0.458. The maximum absolute atomic E-state index is 14.4. The third-order valence-corrected chi connectivity index (χ3v) is 5.23. The first-order valence-corrected chi connectivity index (χ1v) is 8.07. The number of hydrogen-bond donors (Lipinski definition) is 1. The molecule has 6 heteroatoms. The van der Waals surface area contributed by atoms with Gasteiger partial charge in [-0.1, -0.05) is 0 Å².